The van der Waals surface area contributed by atoms with Gasteiger partial charge in [0, 0.05) is 19.6 Å². The summed E-state index contributed by atoms with van der Waals surface area (Å²) in [5.74, 6) is 0.189. The van der Waals surface area contributed by atoms with Gasteiger partial charge in [0.15, 0.2) is 0 Å². The molecule has 0 saturated heterocycles. The number of urea groups is 1. The van der Waals surface area contributed by atoms with Gasteiger partial charge < -0.3 is 21.7 Å². The van der Waals surface area contributed by atoms with Gasteiger partial charge in [-0.15, -0.1) is 0 Å². The number of aromatic nitrogens is 2. The van der Waals surface area contributed by atoms with Gasteiger partial charge in [0.2, 0.25) is 0 Å². The Labute approximate surface area is 104 Å². The molecule has 3 amide bonds. The minimum atomic E-state index is -0.627. The lowest BCUT2D eigenvalue weighted by Gasteiger charge is -2.06. The van der Waals surface area contributed by atoms with Crippen molar-refractivity contribution < 1.29 is 9.59 Å². The van der Waals surface area contributed by atoms with Crippen LogP contribution < -0.4 is 21.7 Å². The maximum absolute atomic E-state index is 11.7. The van der Waals surface area contributed by atoms with Crippen molar-refractivity contribution in [1.82, 2.24) is 20.6 Å². The summed E-state index contributed by atoms with van der Waals surface area (Å²) in [6.07, 6.45) is 2.91. The van der Waals surface area contributed by atoms with Crippen molar-refractivity contribution in [2.75, 3.05) is 25.0 Å². The minimum absolute atomic E-state index is 0.215. The molecule has 1 aromatic rings. The van der Waals surface area contributed by atoms with E-state index in [0.717, 1.165) is 0 Å². The fraction of sp³-hybridized carbons (Fsp3) is 0.400. The molecule has 0 unspecified atom stereocenters. The Kier molecular flexibility index (Phi) is 5.36. The summed E-state index contributed by atoms with van der Waals surface area (Å²) in [5, 5.41) is 7.90. The molecule has 0 radical (unpaired) electrons. The summed E-state index contributed by atoms with van der Waals surface area (Å²) in [6, 6.07) is -0.627. The van der Waals surface area contributed by atoms with Crippen LogP contribution in [-0.2, 0) is 0 Å². The molecule has 8 heteroatoms. The highest BCUT2D eigenvalue weighted by Gasteiger charge is 2.07. The average Bonchev–Trinajstić information content (AvgIpc) is 2.35. The Morgan fingerprint density at radius 1 is 1.28 bits per heavy atom. The van der Waals surface area contributed by atoms with Crippen molar-refractivity contribution >= 4 is 17.8 Å². The van der Waals surface area contributed by atoms with Crippen molar-refractivity contribution in [3.8, 4) is 0 Å². The molecule has 0 aliphatic rings. The Bertz CT molecular complexity index is 423. The molecule has 18 heavy (non-hydrogen) atoms. The van der Waals surface area contributed by atoms with Crippen LogP contribution in [0.25, 0.3) is 0 Å². The SMILES string of the molecule is CCNc1cncc(C(=O)NCCNC(N)=O)n1. The first-order valence-electron chi connectivity index (χ1n) is 5.51. The van der Waals surface area contributed by atoms with E-state index in [1.807, 2.05) is 6.92 Å². The number of nitrogens with zero attached hydrogens (tertiary/aromatic N) is 2. The fourth-order valence-electron chi connectivity index (χ4n) is 1.19. The van der Waals surface area contributed by atoms with Crippen LogP contribution >= 0.6 is 0 Å². The Hall–Kier alpha value is -2.38. The second-order valence-electron chi connectivity index (χ2n) is 3.37. The molecule has 8 nitrogen and oxygen atoms in total. The second-order valence-corrected chi connectivity index (χ2v) is 3.37. The number of carbonyl (C=O) groups excluding carboxylic acids is 2. The number of amides is 3. The van der Waals surface area contributed by atoms with E-state index >= 15 is 0 Å². The van der Waals surface area contributed by atoms with E-state index in [2.05, 4.69) is 25.9 Å². The lowest BCUT2D eigenvalue weighted by atomic mass is 10.4. The predicted molar refractivity (Wildman–Crippen MR) is 66.1 cm³/mol. The summed E-state index contributed by atoms with van der Waals surface area (Å²) < 4.78 is 0. The highest BCUT2D eigenvalue weighted by Crippen LogP contribution is 2.01. The summed E-state index contributed by atoms with van der Waals surface area (Å²) in [6.45, 7) is 3.16. The molecule has 5 N–H and O–H groups in total. The molecule has 0 saturated carbocycles. The van der Waals surface area contributed by atoms with Crippen LogP contribution in [0.15, 0.2) is 12.4 Å². The van der Waals surface area contributed by atoms with Crippen LogP contribution in [0.3, 0.4) is 0 Å². The molecular weight excluding hydrogens is 236 g/mol. The summed E-state index contributed by atoms with van der Waals surface area (Å²) >= 11 is 0. The lowest BCUT2D eigenvalue weighted by Crippen LogP contribution is -2.37. The van der Waals surface area contributed by atoms with Gasteiger partial charge in [-0.05, 0) is 6.92 Å². The highest BCUT2D eigenvalue weighted by atomic mass is 16.2. The summed E-state index contributed by atoms with van der Waals surface area (Å²) in [5.41, 5.74) is 5.10. The standard InChI is InChI=1S/C10H16N6O2/c1-2-13-8-6-12-5-7(16-8)9(17)14-3-4-15-10(11)18/h5-6H,2-4H2,1H3,(H,13,16)(H,14,17)(H3,11,15,18). The van der Waals surface area contributed by atoms with E-state index in [-0.39, 0.29) is 24.7 Å². The largest absolute Gasteiger partial charge is 0.369 e. The van der Waals surface area contributed by atoms with Crippen LogP contribution in [-0.4, -0.2) is 41.5 Å². The van der Waals surface area contributed by atoms with Crippen molar-refractivity contribution in [3.05, 3.63) is 18.1 Å². The average molecular weight is 252 g/mol. The number of carbonyl (C=O) groups is 2. The number of nitrogens with two attached hydrogens (primary N) is 1. The van der Waals surface area contributed by atoms with Crippen LogP contribution in [0.4, 0.5) is 10.6 Å². The molecule has 1 aromatic heterocycles. The van der Waals surface area contributed by atoms with E-state index in [1.165, 1.54) is 12.4 Å². The molecule has 0 aliphatic heterocycles. The predicted octanol–water partition coefficient (Wildman–Crippen LogP) is -0.693. The van der Waals surface area contributed by atoms with Gasteiger partial charge in [0.05, 0.1) is 12.4 Å². The first-order valence-corrected chi connectivity index (χ1v) is 5.51. The van der Waals surface area contributed by atoms with Gasteiger partial charge in [0.1, 0.15) is 11.5 Å². The maximum atomic E-state index is 11.7. The van der Waals surface area contributed by atoms with Gasteiger partial charge >= 0.3 is 6.03 Å². The molecule has 0 atom stereocenters. The van der Waals surface area contributed by atoms with E-state index in [0.29, 0.717) is 12.4 Å². The lowest BCUT2D eigenvalue weighted by molar-refractivity contribution is 0.0948. The molecule has 98 valence electrons. The summed E-state index contributed by atoms with van der Waals surface area (Å²) in [7, 11) is 0. The Balaban J connectivity index is 2.45. The van der Waals surface area contributed by atoms with Crippen LogP contribution in [0, 0.1) is 0 Å². The zero-order valence-corrected chi connectivity index (χ0v) is 10.1. The Morgan fingerprint density at radius 3 is 2.67 bits per heavy atom. The van der Waals surface area contributed by atoms with Crippen molar-refractivity contribution in [3.63, 3.8) is 0 Å². The topological polar surface area (TPSA) is 122 Å². The smallest absolute Gasteiger partial charge is 0.312 e. The third-order valence-corrected chi connectivity index (χ3v) is 1.93. The number of nitrogens with one attached hydrogen (secondary N) is 3. The minimum Gasteiger partial charge on any atom is -0.369 e. The van der Waals surface area contributed by atoms with Crippen molar-refractivity contribution in [2.45, 2.75) is 6.92 Å². The van der Waals surface area contributed by atoms with Gasteiger partial charge in [-0.25, -0.2) is 9.78 Å². The second kappa shape index (κ2) is 7.05. The third-order valence-electron chi connectivity index (χ3n) is 1.93. The first-order chi connectivity index (χ1) is 8.63. The molecule has 0 aromatic carbocycles. The number of rotatable bonds is 6. The van der Waals surface area contributed by atoms with E-state index in [1.54, 1.807) is 0 Å². The fourth-order valence-corrected chi connectivity index (χ4v) is 1.19. The van der Waals surface area contributed by atoms with E-state index in [9.17, 15) is 9.59 Å². The molecule has 0 fully saturated rings. The number of primary amides is 1. The number of hydrogen-bond donors (Lipinski definition) is 4. The monoisotopic (exact) mass is 252 g/mol. The van der Waals surface area contributed by atoms with Gasteiger partial charge in [-0.2, -0.15) is 0 Å². The van der Waals surface area contributed by atoms with Gasteiger partial charge in [-0.1, -0.05) is 0 Å². The van der Waals surface area contributed by atoms with Crippen LogP contribution in [0.5, 0.6) is 0 Å². The van der Waals surface area contributed by atoms with Gasteiger partial charge in [-0.3, -0.25) is 9.78 Å². The third kappa shape index (κ3) is 4.64. The zero-order chi connectivity index (χ0) is 13.4. The normalized spacial score (nSPS) is 9.61. The quantitative estimate of drug-likeness (QED) is 0.499. The number of hydrogen-bond acceptors (Lipinski definition) is 5. The molecule has 0 bridgehead atoms. The molecule has 0 aliphatic carbocycles. The van der Waals surface area contributed by atoms with Crippen LogP contribution in [0.1, 0.15) is 17.4 Å². The highest BCUT2D eigenvalue weighted by molar-refractivity contribution is 5.92. The zero-order valence-electron chi connectivity index (χ0n) is 10.1. The molecule has 1 rings (SSSR count). The number of anilines is 1. The first kappa shape index (κ1) is 13.7. The van der Waals surface area contributed by atoms with Crippen molar-refractivity contribution in [2.24, 2.45) is 5.73 Å². The van der Waals surface area contributed by atoms with Gasteiger partial charge in [0.25, 0.3) is 5.91 Å². The van der Waals surface area contributed by atoms with Crippen molar-refractivity contribution in [1.29, 1.82) is 0 Å². The summed E-state index contributed by atoms with van der Waals surface area (Å²) in [4.78, 5) is 30.0. The molecular formula is C10H16N6O2. The Morgan fingerprint density at radius 2 is 2.00 bits per heavy atom. The van der Waals surface area contributed by atoms with E-state index in [4.69, 9.17) is 5.73 Å². The molecule has 1 heterocycles. The maximum Gasteiger partial charge on any atom is 0.312 e. The molecule has 0 spiro atoms. The van der Waals surface area contributed by atoms with E-state index < -0.39 is 6.03 Å². The van der Waals surface area contributed by atoms with Crippen LogP contribution in [0.2, 0.25) is 0 Å².